The molecule has 1 fully saturated rings. The lowest BCUT2D eigenvalue weighted by atomic mass is 9.99. The second-order valence-electron chi connectivity index (χ2n) is 5.32. The summed E-state index contributed by atoms with van der Waals surface area (Å²) in [7, 11) is 0. The lowest BCUT2D eigenvalue weighted by Gasteiger charge is -2.55. The fourth-order valence-electron chi connectivity index (χ4n) is 2.60. The first kappa shape index (κ1) is 15.7. The highest BCUT2D eigenvalue weighted by atomic mass is 35.5. The van der Waals surface area contributed by atoms with E-state index in [9.17, 15) is 5.21 Å². The Bertz CT molecular complexity index is 588. The van der Waals surface area contributed by atoms with Gasteiger partial charge in [0.1, 0.15) is 12.6 Å². The van der Waals surface area contributed by atoms with E-state index in [4.69, 9.17) is 0 Å². The van der Waals surface area contributed by atoms with Crippen molar-refractivity contribution in [3.63, 3.8) is 0 Å². The van der Waals surface area contributed by atoms with Gasteiger partial charge in [0, 0.05) is 18.0 Å². The Morgan fingerprint density at radius 2 is 2.00 bits per heavy atom. The van der Waals surface area contributed by atoms with E-state index in [0.29, 0.717) is 13.1 Å². The zero-order chi connectivity index (χ0) is 13.8. The van der Waals surface area contributed by atoms with Crippen molar-refractivity contribution < 1.29 is 4.65 Å². The van der Waals surface area contributed by atoms with Gasteiger partial charge in [-0.3, -0.25) is 4.98 Å². The monoisotopic (exact) mass is 302 g/mol. The van der Waals surface area contributed by atoms with Gasteiger partial charge < -0.3 is 9.85 Å². The first-order valence-corrected chi connectivity index (χ1v) is 6.96. The average Bonchev–Trinajstić information content (AvgIpc) is 2.48. The SMILES string of the molecule is Cl.[O-][N+]1(Cc2ccccc2)CCC1C=Cc1cccnc1. The van der Waals surface area contributed by atoms with Gasteiger partial charge in [-0.1, -0.05) is 42.5 Å². The van der Waals surface area contributed by atoms with Crippen molar-refractivity contribution >= 4 is 18.5 Å². The third-order valence-electron chi connectivity index (χ3n) is 3.90. The highest BCUT2D eigenvalue weighted by Gasteiger charge is 2.37. The zero-order valence-corrected chi connectivity index (χ0v) is 12.6. The number of halogens is 1. The molecular weight excluding hydrogens is 284 g/mol. The van der Waals surface area contributed by atoms with E-state index in [1.54, 1.807) is 6.20 Å². The van der Waals surface area contributed by atoms with E-state index >= 15 is 0 Å². The number of quaternary nitrogens is 1. The molecule has 1 aromatic carbocycles. The summed E-state index contributed by atoms with van der Waals surface area (Å²) in [4.78, 5) is 4.08. The van der Waals surface area contributed by atoms with Gasteiger partial charge in [0.25, 0.3) is 0 Å². The summed E-state index contributed by atoms with van der Waals surface area (Å²) in [5, 5.41) is 12.8. The number of aromatic nitrogens is 1. The van der Waals surface area contributed by atoms with Gasteiger partial charge in [-0.15, -0.1) is 12.4 Å². The molecule has 1 aromatic heterocycles. The van der Waals surface area contributed by atoms with Crippen LogP contribution in [0, 0.1) is 5.21 Å². The minimum Gasteiger partial charge on any atom is -0.632 e. The molecule has 1 saturated heterocycles. The molecule has 0 saturated carbocycles. The molecule has 0 spiro atoms. The molecule has 2 unspecified atom stereocenters. The molecule has 0 amide bonds. The maximum Gasteiger partial charge on any atom is 0.113 e. The minimum absolute atomic E-state index is 0. The van der Waals surface area contributed by atoms with Crippen LogP contribution in [0.4, 0.5) is 0 Å². The van der Waals surface area contributed by atoms with Crippen LogP contribution in [0.15, 0.2) is 60.9 Å². The van der Waals surface area contributed by atoms with E-state index in [-0.39, 0.29) is 23.1 Å². The van der Waals surface area contributed by atoms with Gasteiger partial charge in [-0.05, 0) is 17.7 Å². The quantitative estimate of drug-likeness (QED) is 0.636. The summed E-state index contributed by atoms with van der Waals surface area (Å²) < 4.78 is -0.138. The third kappa shape index (κ3) is 3.70. The molecule has 21 heavy (non-hydrogen) atoms. The summed E-state index contributed by atoms with van der Waals surface area (Å²) >= 11 is 0. The second-order valence-corrected chi connectivity index (χ2v) is 5.32. The number of benzene rings is 1. The molecule has 2 heterocycles. The lowest BCUT2D eigenvalue weighted by Crippen LogP contribution is -2.59. The maximum atomic E-state index is 12.8. The lowest BCUT2D eigenvalue weighted by molar-refractivity contribution is -0.951. The molecule has 4 heteroatoms. The number of nitrogens with zero attached hydrogens (tertiary/aromatic N) is 2. The molecular formula is C17H19ClN2O. The zero-order valence-electron chi connectivity index (χ0n) is 11.8. The van der Waals surface area contributed by atoms with Gasteiger partial charge in [-0.2, -0.15) is 0 Å². The van der Waals surface area contributed by atoms with Crippen LogP contribution in [0.5, 0.6) is 0 Å². The van der Waals surface area contributed by atoms with Crippen molar-refractivity contribution in [3.8, 4) is 0 Å². The molecule has 2 aromatic rings. The normalized spacial score (nSPS) is 24.3. The Morgan fingerprint density at radius 1 is 1.19 bits per heavy atom. The number of pyridine rings is 1. The number of rotatable bonds is 4. The molecule has 3 nitrogen and oxygen atoms in total. The number of hydrogen-bond donors (Lipinski definition) is 0. The van der Waals surface area contributed by atoms with Crippen LogP contribution in [-0.4, -0.2) is 22.2 Å². The van der Waals surface area contributed by atoms with Crippen molar-refractivity contribution in [2.75, 3.05) is 6.54 Å². The maximum absolute atomic E-state index is 12.8. The summed E-state index contributed by atoms with van der Waals surface area (Å²) in [6.07, 6.45) is 8.58. The largest absolute Gasteiger partial charge is 0.632 e. The summed E-state index contributed by atoms with van der Waals surface area (Å²) in [5.74, 6) is 0. The highest BCUT2D eigenvalue weighted by molar-refractivity contribution is 5.85. The fourth-order valence-corrected chi connectivity index (χ4v) is 2.60. The van der Waals surface area contributed by atoms with Crippen molar-refractivity contribution in [1.29, 1.82) is 0 Å². The van der Waals surface area contributed by atoms with Crippen molar-refractivity contribution in [1.82, 2.24) is 4.98 Å². The topological polar surface area (TPSA) is 36.0 Å². The molecule has 1 aliphatic heterocycles. The standard InChI is InChI=1S/C17H18N2O.ClH/c20-19(14-16-5-2-1-3-6-16)12-10-17(19)9-8-15-7-4-11-18-13-15;/h1-9,11,13,17H,10,12,14H2;1H. The number of hydroxylamine groups is 3. The Balaban J connectivity index is 0.00000161. The average molecular weight is 303 g/mol. The van der Waals surface area contributed by atoms with E-state index in [0.717, 1.165) is 17.5 Å². The minimum atomic E-state index is -0.138. The molecule has 0 aliphatic carbocycles. The molecule has 0 bridgehead atoms. The van der Waals surface area contributed by atoms with E-state index in [1.165, 1.54) is 0 Å². The Kier molecular flexibility index (Phi) is 5.12. The smallest absolute Gasteiger partial charge is 0.113 e. The van der Waals surface area contributed by atoms with Crippen molar-refractivity contribution in [3.05, 3.63) is 77.3 Å². The van der Waals surface area contributed by atoms with E-state index in [2.05, 4.69) is 4.98 Å². The predicted octanol–water partition coefficient (Wildman–Crippen LogP) is 3.80. The first-order chi connectivity index (χ1) is 9.76. The van der Waals surface area contributed by atoms with Crippen LogP contribution in [0.25, 0.3) is 6.08 Å². The Labute approximate surface area is 131 Å². The molecule has 1 aliphatic rings. The first-order valence-electron chi connectivity index (χ1n) is 6.96. The van der Waals surface area contributed by atoms with Gasteiger partial charge in [0.2, 0.25) is 0 Å². The number of hydrogen-bond acceptors (Lipinski definition) is 2. The fraction of sp³-hybridized carbons (Fsp3) is 0.235. The molecule has 0 N–H and O–H groups in total. The van der Waals surface area contributed by atoms with Gasteiger partial charge in [0.15, 0.2) is 0 Å². The Morgan fingerprint density at radius 3 is 2.62 bits per heavy atom. The molecule has 0 radical (unpaired) electrons. The highest BCUT2D eigenvalue weighted by Crippen LogP contribution is 2.31. The number of likely N-dealkylation sites (tertiary alicyclic amines) is 1. The van der Waals surface area contributed by atoms with E-state index in [1.807, 2.05) is 60.8 Å². The van der Waals surface area contributed by atoms with Crippen molar-refractivity contribution in [2.24, 2.45) is 0 Å². The summed E-state index contributed by atoms with van der Waals surface area (Å²) in [5.41, 5.74) is 2.16. The predicted molar refractivity (Wildman–Crippen MR) is 87.6 cm³/mol. The summed E-state index contributed by atoms with van der Waals surface area (Å²) in [6, 6.07) is 14.0. The van der Waals surface area contributed by atoms with Gasteiger partial charge >= 0.3 is 0 Å². The van der Waals surface area contributed by atoms with Crippen LogP contribution >= 0.6 is 12.4 Å². The Hall–Kier alpha value is -1.68. The summed E-state index contributed by atoms with van der Waals surface area (Å²) in [6.45, 7) is 1.26. The van der Waals surface area contributed by atoms with E-state index < -0.39 is 0 Å². The molecule has 110 valence electrons. The van der Waals surface area contributed by atoms with Crippen LogP contribution in [0.3, 0.4) is 0 Å². The molecule has 3 rings (SSSR count). The van der Waals surface area contributed by atoms with Gasteiger partial charge in [0.05, 0.1) is 13.0 Å². The van der Waals surface area contributed by atoms with Gasteiger partial charge in [-0.25, -0.2) is 0 Å². The van der Waals surface area contributed by atoms with Crippen LogP contribution in [-0.2, 0) is 6.54 Å². The van der Waals surface area contributed by atoms with Crippen LogP contribution in [0.2, 0.25) is 0 Å². The molecule has 2 atom stereocenters. The second kappa shape index (κ2) is 6.85. The third-order valence-corrected chi connectivity index (χ3v) is 3.90. The van der Waals surface area contributed by atoms with Crippen LogP contribution < -0.4 is 0 Å². The van der Waals surface area contributed by atoms with Crippen molar-refractivity contribution in [2.45, 2.75) is 19.0 Å². The van der Waals surface area contributed by atoms with Crippen LogP contribution in [0.1, 0.15) is 17.5 Å².